The molecule has 0 bridgehead atoms. The molecule has 0 atom stereocenters. The molecule has 1 amide bonds. The Kier molecular flexibility index (Phi) is 4.60. The molecule has 6 heteroatoms. The molecule has 2 aromatic rings. The van der Waals surface area contributed by atoms with Gasteiger partial charge in [-0.3, -0.25) is 4.79 Å². The van der Waals surface area contributed by atoms with Crippen LogP contribution in [-0.4, -0.2) is 16.7 Å². The van der Waals surface area contributed by atoms with Gasteiger partial charge < -0.3 is 9.52 Å². The van der Waals surface area contributed by atoms with Gasteiger partial charge in [0, 0.05) is 5.56 Å². The van der Waals surface area contributed by atoms with E-state index in [1.54, 1.807) is 26.8 Å². The number of benzene rings is 1. The highest BCUT2D eigenvalue weighted by atomic mass is 19.1. The van der Waals surface area contributed by atoms with E-state index in [2.05, 4.69) is 10.5 Å². The number of carbonyl (C=O) groups excluding carboxylic acids is 1. The highest BCUT2D eigenvalue weighted by molar-refractivity contribution is 6.04. The molecule has 116 valence electrons. The van der Waals surface area contributed by atoms with Gasteiger partial charge in [0.1, 0.15) is 23.1 Å². The van der Waals surface area contributed by atoms with E-state index in [4.69, 9.17) is 4.42 Å². The number of phenols is 1. The normalized spacial score (nSPS) is 11.5. The van der Waals surface area contributed by atoms with Crippen molar-refractivity contribution in [3.8, 4) is 5.75 Å². The van der Waals surface area contributed by atoms with Gasteiger partial charge in [0.25, 0.3) is 5.91 Å². The summed E-state index contributed by atoms with van der Waals surface area (Å²) in [5.41, 5.74) is 3.42. The van der Waals surface area contributed by atoms with Gasteiger partial charge in [-0.2, -0.15) is 5.10 Å². The van der Waals surface area contributed by atoms with Crippen LogP contribution in [0.1, 0.15) is 40.8 Å². The van der Waals surface area contributed by atoms with E-state index in [1.165, 1.54) is 12.1 Å². The van der Waals surface area contributed by atoms with Crippen molar-refractivity contribution in [3.05, 3.63) is 52.7 Å². The Morgan fingerprint density at radius 1 is 1.32 bits per heavy atom. The molecule has 0 radical (unpaired) electrons. The third-order valence-corrected chi connectivity index (χ3v) is 3.18. The van der Waals surface area contributed by atoms with E-state index >= 15 is 0 Å². The van der Waals surface area contributed by atoms with Crippen LogP contribution in [0.5, 0.6) is 5.75 Å². The van der Waals surface area contributed by atoms with Crippen molar-refractivity contribution in [1.82, 2.24) is 5.43 Å². The molecule has 1 aromatic heterocycles. The molecule has 2 N–H and O–H groups in total. The van der Waals surface area contributed by atoms with E-state index in [0.29, 0.717) is 29.2 Å². The maximum absolute atomic E-state index is 13.3. The van der Waals surface area contributed by atoms with Crippen molar-refractivity contribution in [2.45, 2.75) is 27.2 Å². The lowest BCUT2D eigenvalue weighted by Gasteiger charge is -2.07. The Labute approximate surface area is 127 Å². The van der Waals surface area contributed by atoms with Crippen LogP contribution in [-0.2, 0) is 0 Å². The quantitative estimate of drug-likeness (QED) is 0.672. The van der Waals surface area contributed by atoms with Gasteiger partial charge >= 0.3 is 0 Å². The summed E-state index contributed by atoms with van der Waals surface area (Å²) in [7, 11) is 0. The summed E-state index contributed by atoms with van der Waals surface area (Å²) in [6, 6.07) is 5.20. The summed E-state index contributed by atoms with van der Waals surface area (Å²) >= 11 is 0. The fourth-order valence-electron chi connectivity index (χ4n) is 2.10. The zero-order valence-corrected chi connectivity index (χ0v) is 12.6. The molecule has 0 saturated carbocycles. The first-order valence-electron chi connectivity index (χ1n) is 6.85. The third-order valence-electron chi connectivity index (χ3n) is 3.18. The van der Waals surface area contributed by atoms with Gasteiger partial charge in [-0.15, -0.1) is 0 Å². The minimum Gasteiger partial charge on any atom is -0.507 e. The first-order valence-corrected chi connectivity index (χ1v) is 6.85. The van der Waals surface area contributed by atoms with Crippen LogP contribution < -0.4 is 5.43 Å². The van der Waals surface area contributed by atoms with Crippen molar-refractivity contribution in [3.63, 3.8) is 0 Å². The van der Waals surface area contributed by atoms with Crippen molar-refractivity contribution in [1.29, 1.82) is 0 Å². The number of hydrazone groups is 1. The summed E-state index contributed by atoms with van der Waals surface area (Å²) in [5.74, 6) is 0.131. The van der Waals surface area contributed by atoms with Crippen LogP contribution in [0.4, 0.5) is 4.39 Å². The molecule has 2 rings (SSSR count). The van der Waals surface area contributed by atoms with E-state index in [0.717, 1.165) is 6.07 Å². The first kappa shape index (κ1) is 15.8. The molecule has 0 spiro atoms. The smallest absolute Gasteiger partial charge is 0.274 e. The number of rotatable bonds is 4. The molecule has 5 nitrogen and oxygen atoms in total. The number of nitrogens with zero attached hydrogens (tertiary/aromatic N) is 1. The lowest BCUT2D eigenvalue weighted by molar-refractivity contribution is 0.0953. The number of aromatic hydroxyl groups is 1. The van der Waals surface area contributed by atoms with Crippen LogP contribution >= 0.6 is 0 Å². The number of phenolic OH excluding ortho intramolecular Hbond substituents is 1. The largest absolute Gasteiger partial charge is 0.507 e. The average molecular weight is 304 g/mol. The molecule has 0 unspecified atom stereocenters. The molecule has 0 fully saturated rings. The number of amides is 1. The number of aryl methyl sites for hydroxylation is 2. The van der Waals surface area contributed by atoms with Gasteiger partial charge in [0.2, 0.25) is 0 Å². The number of hydrogen-bond acceptors (Lipinski definition) is 4. The SMILES string of the molecule is CC/C(=N\NC(=O)c1cc(C)oc1C)c1cc(F)ccc1O. The number of nitrogens with one attached hydrogen (secondary N) is 1. The zero-order valence-electron chi connectivity index (χ0n) is 12.6. The topological polar surface area (TPSA) is 74.8 Å². The molecule has 1 aromatic carbocycles. The summed E-state index contributed by atoms with van der Waals surface area (Å²) < 4.78 is 18.6. The molecule has 0 saturated heterocycles. The van der Waals surface area contributed by atoms with Crippen molar-refractivity contribution >= 4 is 11.6 Å². The second-order valence-electron chi connectivity index (χ2n) is 4.84. The molecule has 0 aliphatic carbocycles. The Morgan fingerprint density at radius 3 is 2.64 bits per heavy atom. The van der Waals surface area contributed by atoms with Crippen LogP contribution in [0, 0.1) is 19.7 Å². The van der Waals surface area contributed by atoms with E-state index in [1.807, 2.05) is 0 Å². The summed E-state index contributed by atoms with van der Waals surface area (Å²) in [5, 5.41) is 13.8. The highest BCUT2D eigenvalue weighted by Gasteiger charge is 2.14. The summed E-state index contributed by atoms with van der Waals surface area (Å²) in [4.78, 5) is 12.1. The second-order valence-corrected chi connectivity index (χ2v) is 4.84. The maximum atomic E-state index is 13.3. The summed E-state index contributed by atoms with van der Waals surface area (Å²) in [6.45, 7) is 5.22. The van der Waals surface area contributed by atoms with Gasteiger partial charge in [0.15, 0.2) is 0 Å². The standard InChI is InChI=1S/C16H17FN2O3/c1-4-14(13-8-11(17)5-6-15(13)20)18-19-16(21)12-7-9(2)22-10(12)3/h5-8,20H,4H2,1-3H3,(H,19,21)/b18-14+. The van der Waals surface area contributed by atoms with Crippen molar-refractivity contribution in [2.75, 3.05) is 0 Å². The lowest BCUT2D eigenvalue weighted by Crippen LogP contribution is -2.20. The van der Waals surface area contributed by atoms with E-state index in [-0.39, 0.29) is 11.3 Å². The molecular formula is C16H17FN2O3. The first-order chi connectivity index (χ1) is 10.4. The van der Waals surface area contributed by atoms with Gasteiger partial charge in [0.05, 0.1) is 11.3 Å². The molecular weight excluding hydrogens is 287 g/mol. The van der Waals surface area contributed by atoms with Gasteiger partial charge in [-0.05, 0) is 44.5 Å². The predicted molar refractivity (Wildman–Crippen MR) is 80.5 cm³/mol. The van der Waals surface area contributed by atoms with Crippen LogP contribution in [0.15, 0.2) is 33.8 Å². The van der Waals surface area contributed by atoms with E-state index < -0.39 is 11.7 Å². The lowest BCUT2D eigenvalue weighted by atomic mass is 10.1. The second kappa shape index (κ2) is 6.43. The fraction of sp³-hybridized carbons (Fsp3) is 0.250. The minimum atomic E-state index is -0.485. The monoisotopic (exact) mass is 304 g/mol. The van der Waals surface area contributed by atoms with Crippen LogP contribution in [0.2, 0.25) is 0 Å². The van der Waals surface area contributed by atoms with E-state index in [9.17, 15) is 14.3 Å². The maximum Gasteiger partial charge on any atom is 0.274 e. The summed E-state index contributed by atoms with van der Waals surface area (Å²) in [6.07, 6.45) is 0.417. The number of halogens is 1. The van der Waals surface area contributed by atoms with Crippen molar-refractivity contribution in [2.24, 2.45) is 5.10 Å². The third kappa shape index (κ3) is 3.33. The number of carbonyl (C=O) groups is 1. The highest BCUT2D eigenvalue weighted by Crippen LogP contribution is 2.20. The van der Waals surface area contributed by atoms with Crippen molar-refractivity contribution < 1.29 is 18.7 Å². The van der Waals surface area contributed by atoms with Crippen LogP contribution in [0.3, 0.4) is 0 Å². The predicted octanol–water partition coefficient (Wildman–Crippen LogP) is 3.29. The molecule has 0 aliphatic heterocycles. The molecule has 1 heterocycles. The Morgan fingerprint density at radius 2 is 2.05 bits per heavy atom. The number of hydrogen-bond donors (Lipinski definition) is 2. The minimum absolute atomic E-state index is 0.0911. The Balaban J connectivity index is 2.24. The van der Waals surface area contributed by atoms with Gasteiger partial charge in [-0.25, -0.2) is 9.82 Å². The zero-order chi connectivity index (χ0) is 16.3. The molecule has 22 heavy (non-hydrogen) atoms. The van der Waals surface area contributed by atoms with Gasteiger partial charge in [-0.1, -0.05) is 6.92 Å². The molecule has 0 aliphatic rings. The Bertz CT molecular complexity index is 735. The Hall–Kier alpha value is -2.63. The fourth-order valence-corrected chi connectivity index (χ4v) is 2.10. The average Bonchev–Trinajstić information content (AvgIpc) is 2.81. The van der Waals surface area contributed by atoms with Crippen LogP contribution in [0.25, 0.3) is 0 Å². The number of furan rings is 1.